The maximum atomic E-state index is 13.4. The summed E-state index contributed by atoms with van der Waals surface area (Å²) in [6.07, 6.45) is 0. The zero-order valence-corrected chi connectivity index (χ0v) is 14.9. The molecule has 0 saturated carbocycles. The number of imide groups is 1. The van der Waals surface area contributed by atoms with Crippen LogP contribution in [0.2, 0.25) is 0 Å². The number of benzene rings is 2. The van der Waals surface area contributed by atoms with Gasteiger partial charge < -0.3 is 9.64 Å². The fourth-order valence-corrected chi connectivity index (χ4v) is 3.39. The summed E-state index contributed by atoms with van der Waals surface area (Å²) in [5, 5.41) is 8.97. The van der Waals surface area contributed by atoms with E-state index in [1.54, 1.807) is 24.3 Å². The minimum absolute atomic E-state index is 0.247. The first-order chi connectivity index (χ1) is 13.6. The Morgan fingerprint density at radius 2 is 1.57 bits per heavy atom. The number of nitrogens with zero attached hydrogens (tertiary/aromatic N) is 3. The molecule has 6 nitrogen and oxygen atoms in total. The molecule has 2 aliphatic heterocycles. The molecular formula is C21H16FN3O3. The number of ether oxygens (including phenoxy) is 1. The molecule has 140 valence electrons. The van der Waals surface area contributed by atoms with Crippen molar-refractivity contribution in [2.24, 2.45) is 0 Å². The second-order valence-corrected chi connectivity index (χ2v) is 6.43. The first kappa shape index (κ1) is 17.9. The second-order valence-electron chi connectivity index (χ2n) is 6.43. The average molecular weight is 377 g/mol. The molecule has 28 heavy (non-hydrogen) atoms. The summed E-state index contributed by atoms with van der Waals surface area (Å²) in [4.78, 5) is 29.4. The van der Waals surface area contributed by atoms with Gasteiger partial charge in [-0.05, 0) is 42.0 Å². The lowest BCUT2D eigenvalue weighted by atomic mass is 10.0. The summed E-state index contributed by atoms with van der Waals surface area (Å²) in [7, 11) is 0. The molecule has 0 aliphatic carbocycles. The Bertz CT molecular complexity index is 1000. The van der Waals surface area contributed by atoms with Crippen molar-refractivity contribution in [3.05, 3.63) is 71.2 Å². The molecule has 0 atom stereocenters. The van der Waals surface area contributed by atoms with Gasteiger partial charge in [0.05, 0.1) is 36.1 Å². The van der Waals surface area contributed by atoms with Gasteiger partial charge >= 0.3 is 0 Å². The molecule has 2 aromatic carbocycles. The largest absolute Gasteiger partial charge is 0.378 e. The van der Waals surface area contributed by atoms with E-state index in [4.69, 9.17) is 10.00 Å². The molecule has 0 aromatic heterocycles. The maximum absolute atomic E-state index is 13.4. The molecule has 2 aromatic rings. The Morgan fingerprint density at radius 3 is 2.18 bits per heavy atom. The van der Waals surface area contributed by atoms with Crippen molar-refractivity contribution in [1.29, 1.82) is 5.26 Å². The van der Waals surface area contributed by atoms with Crippen LogP contribution in [0.15, 0.2) is 54.2 Å². The molecule has 7 heteroatoms. The van der Waals surface area contributed by atoms with Crippen LogP contribution in [0.4, 0.5) is 10.1 Å². The van der Waals surface area contributed by atoms with Gasteiger partial charge in [0.1, 0.15) is 11.5 Å². The lowest BCUT2D eigenvalue weighted by molar-refractivity contribution is -0.121. The van der Waals surface area contributed by atoms with Crippen molar-refractivity contribution < 1.29 is 18.7 Å². The highest BCUT2D eigenvalue weighted by Crippen LogP contribution is 2.35. The van der Waals surface area contributed by atoms with Crippen molar-refractivity contribution in [3.8, 4) is 6.07 Å². The third-order valence-corrected chi connectivity index (χ3v) is 4.77. The van der Waals surface area contributed by atoms with E-state index in [-0.39, 0.29) is 5.57 Å². The third kappa shape index (κ3) is 3.04. The summed E-state index contributed by atoms with van der Waals surface area (Å²) < 4.78 is 18.7. The van der Waals surface area contributed by atoms with Crippen LogP contribution in [-0.4, -0.2) is 43.0 Å². The predicted octanol–water partition coefficient (Wildman–Crippen LogP) is 2.31. The predicted molar refractivity (Wildman–Crippen MR) is 99.4 cm³/mol. The molecule has 2 aliphatic rings. The van der Waals surface area contributed by atoms with E-state index in [2.05, 4.69) is 0 Å². The van der Waals surface area contributed by atoms with Gasteiger partial charge in [0.15, 0.2) is 0 Å². The molecular weight excluding hydrogens is 361 g/mol. The van der Waals surface area contributed by atoms with E-state index in [0.29, 0.717) is 48.8 Å². The highest BCUT2D eigenvalue weighted by Gasteiger charge is 2.42. The number of rotatable bonds is 3. The zero-order valence-electron chi connectivity index (χ0n) is 14.9. The maximum Gasteiger partial charge on any atom is 0.282 e. The number of anilines is 1. The lowest BCUT2D eigenvalue weighted by Crippen LogP contribution is -2.40. The van der Waals surface area contributed by atoms with Crippen LogP contribution < -0.4 is 4.90 Å². The van der Waals surface area contributed by atoms with Crippen LogP contribution in [0, 0.1) is 17.1 Å². The minimum atomic E-state index is -0.470. The molecule has 0 radical (unpaired) electrons. The van der Waals surface area contributed by atoms with Crippen LogP contribution in [-0.2, 0) is 14.3 Å². The molecule has 2 amide bonds. The van der Waals surface area contributed by atoms with Gasteiger partial charge in [-0.1, -0.05) is 12.1 Å². The Morgan fingerprint density at radius 1 is 0.929 bits per heavy atom. The van der Waals surface area contributed by atoms with Crippen LogP contribution >= 0.6 is 0 Å². The number of amides is 2. The first-order valence-corrected chi connectivity index (χ1v) is 8.82. The zero-order chi connectivity index (χ0) is 19.7. The average Bonchev–Trinajstić information content (AvgIpc) is 2.99. The highest BCUT2D eigenvalue weighted by molar-refractivity contribution is 6.45. The number of carbonyl (C=O) groups excluding carboxylic acids is 2. The van der Waals surface area contributed by atoms with E-state index in [0.717, 1.165) is 4.90 Å². The Balaban J connectivity index is 1.80. The van der Waals surface area contributed by atoms with Crippen LogP contribution in [0.3, 0.4) is 0 Å². The summed E-state index contributed by atoms with van der Waals surface area (Å²) >= 11 is 0. The van der Waals surface area contributed by atoms with Crippen molar-refractivity contribution in [2.75, 3.05) is 31.2 Å². The van der Waals surface area contributed by atoms with Crippen molar-refractivity contribution in [1.82, 2.24) is 4.90 Å². The number of hydrogen-bond acceptors (Lipinski definition) is 5. The van der Waals surface area contributed by atoms with Gasteiger partial charge in [0.25, 0.3) is 11.8 Å². The van der Waals surface area contributed by atoms with E-state index in [1.807, 2.05) is 11.0 Å². The Kier molecular flexibility index (Phi) is 4.63. The number of hydrogen-bond donors (Lipinski definition) is 0. The number of halogens is 1. The Hall–Kier alpha value is -3.50. The number of nitriles is 1. The molecule has 4 rings (SSSR count). The molecule has 1 saturated heterocycles. The normalized spacial score (nSPS) is 17.3. The fourth-order valence-electron chi connectivity index (χ4n) is 3.39. The highest BCUT2D eigenvalue weighted by atomic mass is 19.1. The third-order valence-electron chi connectivity index (χ3n) is 4.77. The summed E-state index contributed by atoms with van der Waals surface area (Å²) in [6, 6.07) is 13.8. The van der Waals surface area contributed by atoms with Crippen molar-refractivity contribution in [3.63, 3.8) is 0 Å². The van der Waals surface area contributed by atoms with E-state index < -0.39 is 17.6 Å². The van der Waals surface area contributed by atoms with Crippen molar-refractivity contribution >= 4 is 23.1 Å². The van der Waals surface area contributed by atoms with E-state index in [9.17, 15) is 14.0 Å². The topological polar surface area (TPSA) is 73.6 Å². The number of carbonyl (C=O) groups is 2. The van der Waals surface area contributed by atoms with Crippen LogP contribution in [0.1, 0.15) is 11.1 Å². The monoisotopic (exact) mass is 377 g/mol. The molecule has 1 fully saturated rings. The van der Waals surface area contributed by atoms with Gasteiger partial charge in [-0.3, -0.25) is 9.59 Å². The van der Waals surface area contributed by atoms with Crippen molar-refractivity contribution in [2.45, 2.75) is 0 Å². The standard InChI is InChI=1S/C21H16FN3O3/c22-16-5-3-15(4-6-16)18-19(24-9-11-28-12-10-24)21(27)25(20(18)26)17-7-1-14(13-23)2-8-17/h1-8H,9-12H2. The smallest absolute Gasteiger partial charge is 0.282 e. The van der Waals surface area contributed by atoms with Gasteiger partial charge in [-0.25, -0.2) is 9.29 Å². The lowest BCUT2D eigenvalue weighted by Gasteiger charge is -2.29. The van der Waals surface area contributed by atoms with E-state index >= 15 is 0 Å². The summed E-state index contributed by atoms with van der Waals surface area (Å²) in [5.74, 6) is -1.32. The van der Waals surface area contributed by atoms with Gasteiger partial charge in [0.2, 0.25) is 0 Å². The van der Waals surface area contributed by atoms with Gasteiger partial charge in [-0.2, -0.15) is 5.26 Å². The molecule has 0 N–H and O–H groups in total. The number of morpholine rings is 1. The first-order valence-electron chi connectivity index (χ1n) is 8.82. The summed E-state index contributed by atoms with van der Waals surface area (Å²) in [5.41, 5.74) is 1.85. The van der Waals surface area contributed by atoms with Crippen LogP contribution in [0.5, 0.6) is 0 Å². The SMILES string of the molecule is N#Cc1ccc(N2C(=O)C(c3ccc(F)cc3)=C(N3CCOCC3)C2=O)cc1. The molecule has 0 bridgehead atoms. The quantitative estimate of drug-likeness (QED) is 0.768. The Labute approximate surface area is 161 Å². The minimum Gasteiger partial charge on any atom is -0.378 e. The van der Waals surface area contributed by atoms with Gasteiger partial charge in [-0.15, -0.1) is 0 Å². The molecule has 2 heterocycles. The van der Waals surface area contributed by atoms with E-state index in [1.165, 1.54) is 24.3 Å². The summed E-state index contributed by atoms with van der Waals surface area (Å²) in [6.45, 7) is 1.89. The van der Waals surface area contributed by atoms with Crippen LogP contribution in [0.25, 0.3) is 5.57 Å². The fraction of sp³-hybridized carbons (Fsp3) is 0.190. The molecule has 0 spiro atoms. The van der Waals surface area contributed by atoms with Gasteiger partial charge in [0, 0.05) is 13.1 Å². The molecule has 0 unspecified atom stereocenters. The second kappa shape index (κ2) is 7.25.